The third-order valence-corrected chi connectivity index (χ3v) is 3.37. The normalized spacial score (nSPS) is 13.1. The van der Waals surface area contributed by atoms with E-state index < -0.39 is 0 Å². The number of carbonyl (C=O) groups is 1. The van der Waals surface area contributed by atoms with Crippen LogP contribution in [0, 0.1) is 5.92 Å². The zero-order valence-electron chi connectivity index (χ0n) is 12.2. The molecule has 2 rings (SSSR count). The Morgan fingerprint density at radius 1 is 1.33 bits per heavy atom. The van der Waals surface area contributed by atoms with E-state index in [0.29, 0.717) is 6.54 Å². The summed E-state index contributed by atoms with van der Waals surface area (Å²) in [5, 5.41) is 7.06. The molecule has 2 aromatic rings. The minimum absolute atomic E-state index is 0. The van der Waals surface area contributed by atoms with E-state index >= 15 is 0 Å². The number of benzene rings is 1. The van der Waals surface area contributed by atoms with Gasteiger partial charge in [-0.2, -0.15) is 5.10 Å². The smallest absolute Gasteiger partial charge is 0.224 e. The molecule has 1 aromatic heterocycles. The van der Waals surface area contributed by atoms with Crippen LogP contribution in [-0.4, -0.2) is 21.7 Å². The second-order valence-corrected chi connectivity index (χ2v) is 4.98. The van der Waals surface area contributed by atoms with Crippen molar-refractivity contribution in [3.8, 4) is 5.69 Å². The highest BCUT2D eigenvalue weighted by molar-refractivity contribution is 5.85. The van der Waals surface area contributed by atoms with Crippen molar-refractivity contribution in [2.45, 2.75) is 26.4 Å². The van der Waals surface area contributed by atoms with Gasteiger partial charge in [0.05, 0.1) is 5.69 Å². The molecule has 114 valence electrons. The molecule has 0 saturated carbocycles. The molecule has 0 bridgehead atoms. The van der Waals surface area contributed by atoms with Gasteiger partial charge in [-0.1, -0.05) is 19.1 Å². The highest BCUT2D eigenvalue weighted by Gasteiger charge is 2.16. The van der Waals surface area contributed by atoms with Gasteiger partial charge < -0.3 is 11.1 Å². The third kappa shape index (κ3) is 4.58. The highest BCUT2D eigenvalue weighted by Crippen LogP contribution is 2.09. The maximum absolute atomic E-state index is 11.8. The number of rotatable bonds is 5. The summed E-state index contributed by atoms with van der Waals surface area (Å²) in [4.78, 5) is 11.8. The predicted molar refractivity (Wildman–Crippen MR) is 85.5 cm³/mol. The van der Waals surface area contributed by atoms with Crippen LogP contribution in [0.1, 0.15) is 19.4 Å². The number of hydrogen-bond acceptors (Lipinski definition) is 3. The summed E-state index contributed by atoms with van der Waals surface area (Å²) in [5.74, 6) is -0.200. The van der Waals surface area contributed by atoms with E-state index in [4.69, 9.17) is 5.73 Å². The first-order valence-electron chi connectivity index (χ1n) is 6.70. The van der Waals surface area contributed by atoms with Crippen molar-refractivity contribution in [1.29, 1.82) is 0 Å². The van der Waals surface area contributed by atoms with Crippen LogP contribution in [0.15, 0.2) is 42.7 Å². The molecular weight excluding hydrogens is 288 g/mol. The van der Waals surface area contributed by atoms with E-state index in [1.54, 1.807) is 10.9 Å². The lowest BCUT2D eigenvalue weighted by atomic mass is 10.0. The Hall–Kier alpha value is -1.85. The SMILES string of the molecule is CC(N)C(C)C(=O)NCc1ccc(-n2cccn2)cc1.Cl. The zero-order chi connectivity index (χ0) is 14.5. The monoisotopic (exact) mass is 308 g/mol. The Kier molecular flexibility index (Phi) is 6.39. The lowest BCUT2D eigenvalue weighted by Gasteiger charge is -2.15. The van der Waals surface area contributed by atoms with Gasteiger partial charge in [-0.15, -0.1) is 12.4 Å². The molecule has 0 aliphatic carbocycles. The van der Waals surface area contributed by atoms with Gasteiger partial charge in [-0.25, -0.2) is 4.68 Å². The first-order valence-corrected chi connectivity index (χ1v) is 6.70. The van der Waals surface area contributed by atoms with Crippen LogP contribution >= 0.6 is 12.4 Å². The van der Waals surface area contributed by atoms with Crippen LogP contribution in [0.2, 0.25) is 0 Å². The van der Waals surface area contributed by atoms with Crippen LogP contribution in [0.5, 0.6) is 0 Å². The Balaban J connectivity index is 0.00000220. The van der Waals surface area contributed by atoms with Gasteiger partial charge >= 0.3 is 0 Å². The molecule has 0 aliphatic heterocycles. The number of nitrogens with zero attached hydrogens (tertiary/aromatic N) is 2. The van der Waals surface area contributed by atoms with E-state index in [-0.39, 0.29) is 30.3 Å². The molecule has 21 heavy (non-hydrogen) atoms. The molecule has 6 heteroatoms. The summed E-state index contributed by atoms with van der Waals surface area (Å²) in [6.07, 6.45) is 3.63. The van der Waals surface area contributed by atoms with Crippen LogP contribution in [0.4, 0.5) is 0 Å². The molecule has 0 spiro atoms. The largest absolute Gasteiger partial charge is 0.352 e. The number of halogens is 1. The van der Waals surface area contributed by atoms with Gasteiger partial charge in [0.25, 0.3) is 0 Å². The standard InChI is InChI=1S/C15H20N4O.ClH/c1-11(12(2)16)15(20)17-10-13-4-6-14(7-5-13)19-9-3-8-18-19;/h3-9,11-12H,10,16H2,1-2H3,(H,17,20);1H. The molecule has 0 fully saturated rings. The van der Waals surface area contributed by atoms with E-state index in [1.165, 1.54) is 0 Å². The highest BCUT2D eigenvalue weighted by atomic mass is 35.5. The van der Waals surface area contributed by atoms with Gasteiger partial charge in [-0.05, 0) is 30.7 Å². The summed E-state index contributed by atoms with van der Waals surface area (Å²) >= 11 is 0. The fraction of sp³-hybridized carbons (Fsp3) is 0.333. The van der Waals surface area contributed by atoms with Gasteiger partial charge in [0, 0.05) is 30.9 Å². The maximum Gasteiger partial charge on any atom is 0.224 e. The summed E-state index contributed by atoms with van der Waals surface area (Å²) in [6, 6.07) is 9.65. The van der Waals surface area contributed by atoms with Crippen molar-refractivity contribution in [2.24, 2.45) is 11.7 Å². The average Bonchev–Trinajstić information content (AvgIpc) is 2.98. The number of hydrogen-bond donors (Lipinski definition) is 2. The van der Waals surface area contributed by atoms with Crippen molar-refractivity contribution in [2.75, 3.05) is 0 Å². The summed E-state index contributed by atoms with van der Waals surface area (Å²) in [6.45, 7) is 4.18. The van der Waals surface area contributed by atoms with E-state index in [1.807, 2.05) is 50.4 Å². The van der Waals surface area contributed by atoms with Crippen LogP contribution in [0.25, 0.3) is 5.69 Å². The molecule has 1 heterocycles. The van der Waals surface area contributed by atoms with Crippen molar-refractivity contribution in [1.82, 2.24) is 15.1 Å². The van der Waals surface area contributed by atoms with Crippen LogP contribution in [0.3, 0.4) is 0 Å². The predicted octanol–water partition coefficient (Wildman–Crippen LogP) is 1.89. The van der Waals surface area contributed by atoms with E-state index in [2.05, 4.69) is 10.4 Å². The average molecular weight is 309 g/mol. The van der Waals surface area contributed by atoms with Gasteiger partial charge in [0.1, 0.15) is 0 Å². The first-order chi connectivity index (χ1) is 9.58. The molecule has 0 radical (unpaired) electrons. The number of aromatic nitrogens is 2. The molecule has 1 amide bonds. The van der Waals surface area contributed by atoms with Gasteiger partial charge in [0.15, 0.2) is 0 Å². The third-order valence-electron chi connectivity index (χ3n) is 3.37. The molecule has 3 N–H and O–H groups in total. The molecule has 1 aromatic carbocycles. The molecule has 0 saturated heterocycles. The molecule has 2 atom stereocenters. The zero-order valence-corrected chi connectivity index (χ0v) is 13.0. The summed E-state index contributed by atoms with van der Waals surface area (Å²) in [5.41, 5.74) is 7.75. The molecular formula is C15H21ClN4O. The Labute approximate surface area is 130 Å². The summed E-state index contributed by atoms with van der Waals surface area (Å²) in [7, 11) is 0. The minimum atomic E-state index is -0.182. The van der Waals surface area contributed by atoms with E-state index in [0.717, 1.165) is 11.3 Å². The van der Waals surface area contributed by atoms with Crippen molar-refractivity contribution < 1.29 is 4.79 Å². The quantitative estimate of drug-likeness (QED) is 0.886. The Morgan fingerprint density at radius 2 is 2.00 bits per heavy atom. The number of amides is 1. The first kappa shape index (κ1) is 17.2. The summed E-state index contributed by atoms with van der Waals surface area (Å²) < 4.78 is 1.79. The molecule has 0 aliphatic rings. The number of nitrogens with one attached hydrogen (secondary N) is 1. The Morgan fingerprint density at radius 3 is 2.52 bits per heavy atom. The van der Waals surface area contributed by atoms with Crippen LogP contribution < -0.4 is 11.1 Å². The Bertz CT molecular complexity index is 552. The lowest BCUT2D eigenvalue weighted by Crippen LogP contribution is -2.38. The molecule has 5 nitrogen and oxygen atoms in total. The second-order valence-electron chi connectivity index (χ2n) is 4.98. The number of carbonyl (C=O) groups excluding carboxylic acids is 1. The lowest BCUT2D eigenvalue weighted by molar-refractivity contribution is -0.125. The molecule has 2 unspecified atom stereocenters. The van der Waals surface area contributed by atoms with E-state index in [9.17, 15) is 4.79 Å². The fourth-order valence-corrected chi connectivity index (χ4v) is 1.78. The topological polar surface area (TPSA) is 72.9 Å². The second kappa shape index (κ2) is 7.81. The maximum atomic E-state index is 11.8. The van der Waals surface area contributed by atoms with Gasteiger partial charge in [-0.3, -0.25) is 4.79 Å². The van der Waals surface area contributed by atoms with Crippen LogP contribution in [-0.2, 0) is 11.3 Å². The fourth-order valence-electron chi connectivity index (χ4n) is 1.78. The number of nitrogens with two attached hydrogens (primary N) is 1. The van der Waals surface area contributed by atoms with Crippen molar-refractivity contribution >= 4 is 18.3 Å². The van der Waals surface area contributed by atoms with Crippen molar-refractivity contribution in [3.63, 3.8) is 0 Å². The van der Waals surface area contributed by atoms with Gasteiger partial charge in [0.2, 0.25) is 5.91 Å². The van der Waals surface area contributed by atoms with Crippen molar-refractivity contribution in [3.05, 3.63) is 48.3 Å². The minimum Gasteiger partial charge on any atom is -0.352 e.